The molecule has 0 saturated heterocycles. The zero-order valence-corrected chi connectivity index (χ0v) is 20.7. The lowest BCUT2D eigenvalue weighted by atomic mass is 9.87. The van der Waals surface area contributed by atoms with Gasteiger partial charge in [0.1, 0.15) is 11.5 Å². The van der Waals surface area contributed by atoms with Crippen molar-refractivity contribution >= 4 is 11.8 Å². The second-order valence-electron chi connectivity index (χ2n) is 11.1. The molecule has 0 radical (unpaired) electrons. The molecule has 0 aliphatic heterocycles. The van der Waals surface area contributed by atoms with E-state index in [-0.39, 0.29) is 28.3 Å². The van der Waals surface area contributed by atoms with Crippen molar-refractivity contribution in [3.8, 4) is 17.6 Å². The van der Waals surface area contributed by atoms with Gasteiger partial charge in [0.05, 0.1) is 12.0 Å². The number of hydrogen-bond donors (Lipinski definition) is 1. The quantitative estimate of drug-likeness (QED) is 0.453. The number of rotatable bonds is 5. The molecule has 0 bridgehead atoms. The van der Waals surface area contributed by atoms with Gasteiger partial charge in [-0.05, 0) is 75.5 Å². The van der Waals surface area contributed by atoms with Gasteiger partial charge in [-0.1, -0.05) is 32.9 Å². The average Bonchev–Trinajstić information content (AvgIpc) is 3.33. The van der Waals surface area contributed by atoms with E-state index in [1.807, 2.05) is 53.7 Å². The second kappa shape index (κ2) is 11.0. The number of aromatic hydroxyl groups is 1. The molecule has 4 heteroatoms. The zero-order chi connectivity index (χ0) is 23.9. The molecule has 3 atom stereocenters. The van der Waals surface area contributed by atoms with Gasteiger partial charge in [0, 0.05) is 24.7 Å². The van der Waals surface area contributed by atoms with E-state index in [0.717, 1.165) is 36.7 Å². The molecule has 1 saturated carbocycles. The highest BCUT2D eigenvalue weighted by atomic mass is 16.5. The first-order valence-electron chi connectivity index (χ1n) is 11.8. The van der Waals surface area contributed by atoms with Crippen molar-refractivity contribution in [2.45, 2.75) is 80.1 Å². The van der Waals surface area contributed by atoms with Crippen molar-refractivity contribution in [3.63, 3.8) is 0 Å². The predicted octanol–water partition coefficient (Wildman–Crippen LogP) is 5.96. The van der Waals surface area contributed by atoms with E-state index >= 15 is 0 Å². The fourth-order valence-electron chi connectivity index (χ4n) is 3.97. The monoisotopic (exact) mass is 440 g/mol. The highest BCUT2D eigenvalue weighted by Crippen LogP contribution is 2.52. The maximum atomic E-state index is 11.7. The van der Waals surface area contributed by atoms with Crippen LogP contribution in [-0.2, 0) is 20.7 Å². The average molecular weight is 441 g/mol. The molecule has 32 heavy (non-hydrogen) atoms. The summed E-state index contributed by atoms with van der Waals surface area (Å²) < 4.78 is 5.42. The van der Waals surface area contributed by atoms with Crippen molar-refractivity contribution < 1.29 is 19.4 Å². The summed E-state index contributed by atoms with van der Waals surface area (Å²) >= 11 is 0. The number of phenolic OH excluding ortho intramolecular Hbond substituents is 1. The van der Waals surface area contributed by atoms with Crippen molar-refractivity contribution in [2.75, 3.05) is 6.61 Å². The molecule has 176 valence electrons. The molecule has 1 unspecified atom stereocenters. The number of benzene rings is 1. The highest BCUT2D eigenvalue weighted by molar-refractivity contribution is 5.83. The van der Waals surface area contributed by atoms with Gasteiger partial charge in [0.2, 0.25) is 0 Å². The molecule has 1 aromatic rings. The molecule has 1 aromatic carbocycles. The number of hydrogen-bond acceptors (Lipinski definition) is 4. The number of phenols is 1. The lowest BCUT2D eigenvalue weighted by Crippen LogP contribution is -2.24. The van der Waals surface area contributed by atoms with Crippen molar-refractivity contribution in [2.24, 2.45) is 28.6 Å². The number of aryl methyl sites for hydroxylation is 1. The van der Waals surface area contributed by atoms with Crippen LogP contribution in [0.3, 0.4) is 0 Å². The van der Waals surface area contributed by atoms with E-state index in [0.29, 0.717) is 18.9 Å². The zero-order valence-electron chi connectivity index (χ0n) is 20.7. The van der Waals surface area contributed by atoms with Crippen LogP contribution in [0.5, 0.6) is 5.75 Å². The summed E-state index contributed by atoms with van der Waals surface area (Å²) in [4.78, 5) is 23.3. The smallest absolute Gasteiger partial charge is 0.311 e. The van der Waals surface area contributed by atoms with Gasteiger partial charge in [-0.3, -0.25) is 9.59 Å². The van der Waals surface area contributed by atoms with Crippen LogP contribution in [0.4, 0.5) is 0 Å². The molecule has 0 aromatic heterocycles. The van der Waals surface area contributed by atoms with Crippen LogP contribution in [0.25, 0.3) is 0 Å². The largest absolute Gasteiger partial charge is 0.508 e. The molecule has 1 fully saturated rings. The second-order valence-corrected chi connectivity index (χ2v) is 11.1. The van der Waals surface area contributed by atoms with E-state index in [4.69, 9.17) is 9.84 Å². The first-order chi connectivity index (χ1) is 14.9. The predicted molar refractivity (Wildman–Crippen MR) is 128 cm³/mol. The van der Waals surface area contributed by atoms with Crippen molar-refractivity contribution in [1.29, 1.82) is 0 Å². The number of carbonyl (C=O) groups is 2. The van der Waals surface area contributed by atoms with E-state index in [2.05, 4.69) is 11.8 Å². The van der Waals surface area contributed by atoms with Crippen LogP contribution in [0.15, 0.2) is 24.3 Å². The fourth-order valence-corrected chi connectivity index (χ4v) is 3.97. The third kappa shape index (κ3) is 8.34. The van der Waals surface area contributed by atoms with Crippen molar-refractivity contribution in [1.82, 2.24) is 0 Å². The van der Waals surface area contributed by atoms with Crippen molar-refractivity contribution in [3.05, 3.63) is 29.8 Å². The normalized spacial score (nSPS) is 22.0. The van der Waals surface area contributed by atoms with Gasteiger partial charge in [0.15, 0.2) is 0 Å². The lowest BCUT2D eigenvalue weighted by molar-refractivity contribution is -0.153. The van der Waals surface area contributed by atoms with E-state index in [9.17, 15) is 9.59 Å². The molecule has 3 rings (SSSR count). The molecular weight excluding hydrogens is 400 g/mol. The molecule has 4 nitrogen and oxygen atoms in total. The molecule has 0 spiro atoms. The fraction of sp³-hybridized carbons (Fsp3) is 0.643. The number of esters is 1. The number of Topliss-reactive ketones (excluding diaryl/α,β-unsaturated/α-hetero) is 1. The summed E-state index contributed by atoms with van der Waals surface area (Å²) in [5.74, 6) is 8.98. The molecule has 2 aliphatic carbocycles. The number of fused-ring (bicyclic) bond motifs is 1. The topological polar surface area (TPSA) is 63.6 Å². The maximum Gasteiger partial charge on any atom is 0.311 e. The summed E-state index contributed by atoms with van der Waals surface area (Å²) in [6, 6.07) is 7.00. The van der Waals surface area contributed by atoms with Crippen LogP contribution >= 0.6 is 0 Å². The van der Waals surface area contributed by atoms with Crippen LogP contribution in [0.2, 0.25) is 0 Å². The Hall–Kier alpha value is -2.28. The van der Waals surface area contributed by atoms with E-state index in [1.165, 1.54) is 12.8 Å². The lowest BCUT2D eigenvalue weighted by Gasteiger charge is -2.16. The minimum atomic E-state index is -0.378. The van der Waals surface area contributed by atoms with Gasteiger partial charge < -0.3 is 9.84 Å². The Bertz CT molecular complexity index is 809. The Morgan fingerprint density at radius 3 is 1.94 bits per heavy atom. The SMILES string of the molecule is CC(C)(C)C(=O)CCc1ccc(O)cc1.CC(C)(C)C(=O)OCC1[C@H]2CCC#CCC[C@@H]12. The Morgan fingerprint density at radius 1 is 0.938 bits per heavy atom. The number of ketones is 1. The van der Waals surface area contributed by atoms with Crippen LogP contribution in [-0.4, -0.2) is 23.5 Å². The summed E-state index contributed by atoms with van der Waals surface area (Å²) in [5, 5.41) is 9.10. The summed E-state index contributed by atoms with van der Waals surface area (Å²) in [6.45, 7) is 12.1. The molecule has 2 aliphatic rings. The van der Waals surface area contributed by atoms with Crippen LogP contribution < -0.4 is 0 Å². The third-order valence-corrected chi connectivity index (χ3v) is 6.27. The van der Waals surface area contributed by atoms with Gasteiger partial charge in [0.25, 0.3) is 0 Å². The van der Waals surface area contributed by atoms with Crippen LogP contribution in [0.1, 0.15) is 79.2 Å². The standard InChI is InChI=1S/C15H22O2.C13H18O2/c1-15(2,3)14(16)17-10-13-11-8-6-4-5-7-9-12(11)13;1-13(2,3)12(15)9-6-10-4-7-11(14)8-5-10/h11-13H,6-10H2,1-3H3;4-5,7-8,14H,6,9H2,1-3H3/t11-,12+,13?;. The Labute approximate surface area is 194 Å². The first-order valence-corrected chi connectivity index (χ1v) is 11.8. The summed E-state index contributed by atoms with van der Waals surface area (Å²) in [6.07, 6.45) is 5.73. The molecule has 0 amide bonds. The molecular formula is C28H40O4. The summed E-state index contributed by atoms with van der Waals surface area (Å²) in [5.41, 5.74) is 0.457. The molecule has 1 N–H and O–H groups in total. The van der Waals surface area contributed by atoms with Gasteiger partial charge >= 0.3 is 5.97 Å². The van der Waals surface area contributed by atoms with Gasteiger partial charge in [-0.2, -0.15) is 0 Å². The maximum absolute atomic E-state index is 11.7. The number of ether oxygens (including phenoxy) is 1. The van der Waals surface area contributed by atoms with E-state index in [1.54, 1.807) is 12.1 Å². The van der Waals surface area contributed by atoms with Gasteiger partial charge in [-0.25, -0.2) is 0 Å². The minimum Gasteiger partial charge on any atom is -0.508 e. The Balaban J connectivity index is 0.000000229. The number of carbonyl (C=O) groups excluding carboxylic acids is 2. The highest BCUT2D eigenvalue weighted by Gasteiger charge is 2.49. The molecule has 0 heterocycles. The Morgan fingerprint density at radius 2 is 1.47 bits per heavy atom. The van der Waals surface area contributed by atoms with Gasteiger partial charge in [-0.15, -0.1) is 11.8 Å². The third-order valence-electron chi connectivity index (χ3n) is 6.27. The Kier molecular flexibility index (Phi) is 8.96. The minimum absolute atomic E-state index is 0.0759. The van der Waals surface area contributed by atoms with E-state index < -0.39 is 0 Å². The first kappa shape index (κ1) is 26.0. The van der Waals surface area contributed by atoms with Crippen LogP contribution in [0, 0.1) is 40.4 Å². The summed E-state index contributed by atoms with van der Waals surface area (Å²) in [7, 11) is 0.